The van der Waals surface area contributed by atoms with Crippen LogP contribution in [0.15, 0.2) is 31.4 Å². The lowest BCUT2D eigenvalue weighted by atomic mass is 10.4. The molecule has 0 saturated heterocycles. The Bertz CT molecular complexity index is 576. The Kier molecular flexibility index (Phi) is 3.61. The van der Waals surface area contributed by atoms with Crippen molar-refractivity contribution in [1.29, 1.82) is 0 Å². The van der Waals surface area contributed by atoms with Crippen LogP contribution >= 0.6 is 43.2 Å². The zero-order valence-corrected chi connectivity index (χ0v) is 12.4. The minimum atomic E-state index is -0.0444. The number of hydrogen-bond acceptors (Lipinski definition) is 3. The van der Waals surface area contributed by atoms with Crippen LogP contribution in [0.2, 0.25) is 0 Å². The van der Waals surface area contributed by atoms with Crippen molar-refractivity contribution in [2.24, 2.45) is 0 Å². The number of aryl methyl sites for hydroxylation is 1. The molecule has 3 nitrogen and oxygen atoms in total. The Morgan fingerprint density at radius 1 is 1.44 bits per heavy atom. The summed E-state index contributed by atoms with van der Waals surface area (Å²) >= 11 is 8.22. The molecule has 16 heavy (non-hydrogen) atoms. The highest BCUT2D eigenvalue weighted by atomic mass is 79.9. The fraction of sp³-hybridized carbons (Fsp3) is 0.200. The van der Waals surface area contributed by atoms with E-state index in [-0.39, 0.29) is 5.56 Å². The molecule has 0 spiro atoms. The summed E-state index contributed by atoms with van der Waals surface area (Å²) in [6, 6.07) is 3.98. The van der Waals surface area contributed by atoms with Gasteiger partial charge in [0.1, 0.15) is 10.3 Å². The first-order valence-corrected chi connectivity index (χ1v) is 6.94. The van der Waals surface area contributed by atoms with Crippen molar-refractivity contribution in [3.05, 3.63) is 47.6 Å². The number of aromatic nitrogens is 2. The smallest absolute Gasteiger partial charge is 0.268 e. The highest BCUT2D eigenvalue weighted by Crippen LogP contribution is 2.22. The van der Waals surface area contributed by atoms with Gasteiger partial charge in [0.25, 0.3) is 5.56 Å². The maximum Gasteiger partial charge on any atom is 0.268 e. The van der Waals surface area contributed by atoms with Crippen molar-refractivity contribution in [3.63, 3.8) is 0 Å². The van der Waals surface area contributed by atoms with Crippen LogP contribution < -0.4 is 5.56 Å². The van der Waals surface area contributed by atoms with Gasteiger partial charge in [-0.2, -0.15) is 0 Å². The van der Waals surface area contributed by atoms with Crippen LogP contribution in [0.3, 0.4) is 0 Å². The van der Waals surface area contributed by atoms with Crippen molar-refractivity contribution in [1.82, 2.24) is 9.55 Å². The fourth-order valence-corrected chi connectivity index (χ4v) is 3.12. The molecule has 2 rings (SSSR count). The van der Waals surface area contributed by atoms with Crippen molar-refractivity contribution < 1.29 is 0 Å². The molecule has 0 fully saturated rings. The minimum absolute atomic E-state index is 0.0444. The van der Waals surface area contributed by atoms with Gasteiger partial charge >= 0.3 is 0 Å². The monoisotopic (exact) mass is 362 g/mol. The molecule has 0 saturated carbocycles. The highest BCUT2D eigenvalue weighted by Gasteiger charge is 2.07. The maximum absolute atomic E-state index is 11.9. The molecule has 0 aromatic carbocycles. The summed E-state index contributed by atoms with van der Waals surface area (Å²) in [4.78, 5) is 17.1. The van der Waals surface area contributed by atoms with Gasteiger partial charge in [0, 0.05) is 11.1 Å². The molecule has 0 aliphatic rings. The van der Waals surface area contributed by atoms with E-state index in [1.165, 1.54) is 0 Å². The lowest BCUT2D eigenvalue weighted by Gasteiger charge is -2.07. The Balaban J connectivity index is 2.42. The predicted molar refractivity (Wildman–Crippen MR) is 72.1 cm³/mol. The van der Waals surface area contributed by atoms with E-state index >= 15 is 0 Å². The van der Waals surface area contributed by atoms with E-state index in [0.717, 1.165) is 14.5 Å². The zero-order valence-electron chi connectivity index (χ0n) is 8.41. The molecular formula is C10H8Br2N2OS. The number of thiophene rings is 1. The second kappa shape index (κ2) is 4.81. The standard InChI is InChI=1S/C10H8Br2N2OS/c1-6-13-4-8(11)10(15)14(6)5-7-2-3-9(12)16-7/h2-4H,5H2,1H3. The highest BCUT2D eigenvalue weighted by molar-refractivity contribution is 9.11. The van der Waals surface area contributed by atoms with Crippen LogP contribution in [-0.2, 0) is 6.54 Å². The third kappa shape index (κ3) is 2.44. The minimum Gasteiger partial charge on any atom is -0.291 e. The molecule has 0 aliphatic heterocycles. The van der Waals surface area contributed by atoms with Crippen molar-refractivity contribution in [2.75, 3.05) is 0 Å². The molecule has 2 heterocycles. The Morgan fingerprint density at radius 2 is 2.19 bits per heavy atom. The van der Waals surface area contributed by atoms with Crippen LogP contribution in [0.4, 0.5) is 0 Å². The summed E-state index contributed by atoms with van der Waals surface area (Å²) in [5.41, 5.74) is -0.0444. The molecule has 0 radical (unpaired) electrons. The molecule has 0 N–H and O–H groups in total. The Labute approximate surface area is 113 Å². The summed E-state index contributed by atoms with van der Waals surface area (Å²) in [6.07, 6.45) is 1.54. The molecule has 2 aromatic heterocycles. The van der Waals surface area contributed by atoms with Gasteiger partial charge in [-0.1, -0.05) is 0 Å². The van der Waals surface area contributed by atoms with Gasteiger partial charge in [0.2, 0.25) is 0 Å². The Hall–Kier alpha value is -0.460. The lowest BCUT2D eigenvalue weighted by molar-refractivity contribution is 0.703. The number of rotatable bonds is 2. The van der Waals surface area contributed by atoms with E-state index in [9.17, 15) is 4.79 Å². The molecular weight excluding hydrogens is 356 g/mol. The van der Waals surface area contributed by atoms with Gasteiger partial charge in [0.15, 0.2) is 0 Å². The molecule has 0 bridgehead atoms. The van der Waals surface area contributed by atoms with Gasteiger partial charge in [-0.05, 0) is 50.9 Å². The van der Waals surface area contributed by atoms with Crippen molar-refractivity contribution in [3.8, 4) is 0 Å². The molecule has 84 valence electrons. The van der Waals surface area contributed by atoms with Crippen LogP contribution in [0.1, 0.15) is 10.7 Å². The molecule has 0 aliphatic carbocycles. The summed E-state index contributed by atoms with van der Waals surface area (Å²) in [6.45, 7) is 2.39. The van der Waals surface area contributed by atoms with Crippen LogP contribution in [-0.4, -0.2) is 9.55 Å². The third-order valence-electron chi connectivity index (χ3n) is 2.15. The first-order chi connectivity index (χ1) is 7.58. The van der Waals surface area contributed by atoms with E-state index in [1.807, 2.05) is 19.1 Å². The van der Waals surface area contributed by atoms with Gasteiger partial charge < -0.3 is 0 Å². The SMILES string of the molecule is Cc1ncc(Br)c(=O)n1Cc1ccc(Br)s1. The number of hydrogen-bond donors (Lipinski definition) is 0. The molecule has 0 unspecified atom stereocenters. The molecule has 0 atom stereocenters. The number of halogens is 2. The van der Waals surface area contributed by atoms with Crippen molar-refractivity contribution in [2.45, 2.75) is 13.5 Å². The fourth-order valence-electron chi connectivity index (χ4n) is 1.33. The second-order valence-electron chi connectivity index (χ2n) is 3.25. The molecule has 6 heteroatoms. The average molecular weight is 364 g/mol. The normalized spacial score (nSPS) is 10.7. The van der Waals surface area contributed by atoms with Crippen LogP contribution in [0.25, 0.3) is 0 Å². The van der Waals surface area contributed by atoms with E-state index in [1.54, 1.807) is 22.1 Å². The zero-order chi connectivity index (χ0) is 11.7. The Morgan fingerprint density at radius 3 is 2.81 bits per heavy atom. The lowest BCUT2D eigenvalue weighted by Crippen LogP contribution is -2.24. The van der Waals surface area contributed by atoms with Gasteiger partial charge in [-0.15, -0.1) is 11.3 Å². The average Bonchev–Trinajstić information content (AvgIpc) is 2.65. The van der Waals surface area contributed by atoms with E-state index in [0.29, 0.717) is 11.0 Å². The van der Waals surface area contributed by atoms with Crippen LogP contribution in [0.5, 0.6) is 0 Å². The van der Waals surface area contributed by atoms with Gasteiger partial charge in [0.05, 0.1) is 10.3 Å². The van der Waals surface area contributed by atoms with E-state index in [2.05, 4.69) is 36.8 Å². The predicted octanol–water partition coefficient (Wildman–Crippen LogP) is 3.19. The topological polar surface area (TPSA) is 34.9 Å². The van der Waals surface area contributed by atoms with Gasteiger partial charge in [-0.3, -0.25) is 9.36 Å². The van der Waals surface area contributed by atoms with Crippen molar-refractivity contribution >= 4 is 43.2 Å². The number of nitrogens with zero attached hydrogens (tertiary/aromatic N) is 2. The van der Waals surface area contributed by atoms with Crippen LogP contribution in [0, 0.1) is 6.92 Å². The first kappa shape index (κ1) is 12.0. The summed E-state index contributed by atoms with van der Waals surface area (Å²) in [5.74, 6) is 0.720. The van der Waals surface area contributed by atoms with E-state index < -0.39 is 0 Å². The second-order valence-corrected chi connectivity index (χ2v) is 6.65. The van der Waals surface area contributed by atoms with E-state index in [4.69, 9.17) is 0 Å². The molecule has 2 aromatic rings. The van der Waals surface area contributed by atoms with Gasteiger partial charge in [-0.25, -0.2) is 4.98 Å². The summed E-state index contributed by atoms with van der Waals surface area (Å²) in [7, 11) is 0. The third-order valence-corrected chi connectivity index (χ3v) is 4.30. The largest absolute Gasteiger partial charge is 0.291 e. The summed E-state index contributed by atoms with van der Waals surface area (Å²) in [5, 5.41) is 0. The quantitative estimate of drug-likeness (QED) is 0.821. The maximum atomic E-state index is 11.9. The summed E-state index contributed by atoms with van der Waals surface area (Å²) < 4.78 is 3.22. The molecule has 0 amide bonds. The first-order valence-electron chi connectivity index (χ1n) is 4.54.